The molecule has 0 bridgehead atoms. The quantitative estimate of drug-likeness (QED) is 0.671. The Morgan fingerprint density at radius 2 is 0.833 bits per heavy atom. The summed E-state index contributed by atoms with van der Waals surface area (Å²) in [5.41, 5.74) is 0. The molecule has 2 rings (SSSR count). The first kappa shape index (κ1) is 20.2. The van der Waals surface area contributed by atoms with E-state index in [1.807, 2.05) is 0 Å². The maximum absolute atomic E-state index is 12.0. The number of hydrogen-bond acceptors (Lipinski definition) is 2. The minimum atomic E-state index is -3.34. The van der Waals surface area contributed by atoms with Crippen molar-refractivity contribution in [2.75, 3.05) is 0 Å². The number of benzene rings is 2. The van der Waals surface area contributed by atoms with E-state index in [-0.39, 0.29) is 50.9 Å². The van der Waals surface area contributed by atoms with Gasteiger partial charge in [-0.15, -0.1) is 50.9 Å². The van der Waals surface area contributed by atoms with E-state index >= 15 is 0 Å². The molecule has 0 fully saturated rings. The molecular formula is C12H13Br3O2S. The van der Waals surface area contributed by atoms with E-state index in [1.165, 1.54) is 0 Å². The van der Waals surface area contributed by atoms with Gasteiger partial charge in [0.05, 0.1) is 9.79 Å². The second-order valence-corrected chi connectivity index (χ2v) is 5.08. The van der Waals surface area contributed by atoms with Crippen LogP contribution in [0.4, 0.5) is 0 Å². The molecule has 18 heavy (non-hydrogen) atoms. The van der Waals surface area contributed by atoms with Crippen molar-refractivity contribution in [2.45, 2.75) is 9.79 Å². The predicted octanol–water partition coefficient (Wildman–Crippen LogP) is 4.25. The molecule has 0 saturated carbocycles. The zero-order chi connectivity index (χ0) is 10.7. The zero-order valence-electron chi connectivity index (χ0n) is 9.22. The Hall–Kier alpha value is -0.170. The van der Waals surface area contributed by atoms with Gasteiger partial charge >= 0.3 is 0 Å². The molecule has 2 aromatic carbocycles. The summed E-state index contributed by atoms with van der Waals surface area (Å²) in [4.78, 5) is 0.660. The lowest BCUT2D eigenvalue weighted by Gasteiger charge is -2.03. The lowest BCUT2D eigenvalue weighted by atomic mass is 10.4. The Balaban J connectivity index is 0. The molecule has 100 valence electrons. The molecule has 0 aromatic heterocycles. The van der Waals surface area contributed by atoms with Gasteiger partial charge in [0.1, 0.15) is 0 Å². The molecule has 2 nitrogen and oxygen atoms in total. The number of hydrogen-bond donors (Lipinski definition) is 0. The van der Waals surface area contributed by atoms with Crippen molar-refractivity contribution in [3.05, 3.63) is 60.7 Å². The first-order valence-corrected chi connectivity index (χ1v) is 6.05. The van der Waals surface area contributed by atoms with Crippen LogP contribution in [0.2, 0.25) is 0 Å². The smallest absolute Gasteiger partial charge is 0.206 e. The standard InChI is InChI=1S/C12H10O2S.3BrH/c13-15(14,11-7-3-1-4-8-11)12-9-5-2-6-10-12;;;/h1-10H;3*1H. The van der Waals surface area contributed by atoms with Crippen molar-refractivity contribution in [1.82, 2.24) is 0 Å². The second kappa shape index (κ2) is 8.85. The van der Waals surface area contributed by atoms with E-state index in [0.717, 1.165) is 0 Å². The Morgan fingerprint density at radius 3 is 1.11 bits per heavy atom. The predicted molar refractivity (Wildman–Crippen MR) is 89.3 cm³/mol. The van der Waals surface area contributed by atoms with Crippen LogP contribution in [0.3, 0.4) is 0 Å². The average Bonchev–Trinajstić information content (AvgIpc) is 2.31. The first-order valence-electron chi connectivity index (χ1n) is 4.56. The van der Waals surface area contributed by atoms with Crippen molar-refractivity contribution in [3.8, 4) is 0 Å². The number of sulfone groups is 1. The van der Waals surface area contributed by atoms with Gasteiger partial charge in [-0.2, -0.15) is 0 Å². The van der Waals surface area contributed by atoms with Gasteiger partial charge in [0.15, 0.2) is 0 Å². The molecule has 0 N–H and O–H groups in total. The molecule has 0 aliphatic carbocycles. The minimum Gasteiger partial charge on any atom is -0.219 e. The van der Waals surface area contributed by atoms with Crippen LogP contribution in [0.1, 0.15) is 0 Å². The second-order valence-electron chi connectivity index (χ2n) is 3.13. The van der Waals surface area contributed by atoms with Crippen LogP contribution in [-0.2, 0) is 9.84 Å². The van der Waals surface area contributed by atoms with Crippen molar-refractivity contribution >= 4 is 60.8 Å². The van der Waals surface area contributed by atoms with Crippen LogP contribution in [-0.4, -0.2) is 8.42 Å². The van der Waals surface area contributed by atoms with Crippen LogP contribution in [0.5, 0.6) is 0 Å². The van der Waals surface area contributed by atoms with E-state index in [9.17, 15) is 8.42 Å². The first-order chi connectivity index (χ1) is 7.21. The van der Waals surface area contributed by atoms with Crippen LogP contribution < -0.4 is 0 Å². The van der Waals surface area contributed by atoms with Crippen molar-refractivity contribution in [3.63, 3.8) is 0 Å². The minimum absolute atomic E-state index is 0. The monoisotopic (exact) mass is 458 g/mol. The summed E-state index contributed by atoms with van der Waals surface area (Å²) in [6, 6.07) is 16.9. The fraction of sp³-hybridized carbons (Fsp3) is 0. The van der Waals surface area contributed by atoms with Crippen LogP contribution in [0.25, 0.3) is 0 Å². The summed E-state index contributed by atoms with van der Waals surface area (Å²) < 4.78 is 24.1. The van der Waals surface area contributed by atoms with E-state index in [0.29, 0.717) is 9.79 Å². The van der Waals surface area contributed by atoms with Crippen molar-refractivity contribution in [2.24, 2.45) is 0 Å². The largest absolute Gasteiger partial charge is 0.219 e. The van der Waals surface area contributed by atoms with Crippen LogP contribution >= 0.6 is 50.9 Å². The Labute approximate surface area is 139 Å². The molecule has 0 amide bonds. The zero-order valence-corrected chi connectivity index (χ0v) is 15.2. The molecule has 0 aliphatic heterocycles. The fourth-order valence-corrected chi connectivity index (χ4v) is 2.64. The highest BCUT2D eigenvalue weighted by Crippen LogP contribution is 2.19. The van der Waals surface area contributed by atoms with Crippen LogP contribution in [0.15, 0.2) is 70.5 Å². The Morgan fingerprint density at radius 1 is 0.556 bits per heavy atom. The maximum atomic E-state index is 12.0. The molecule has 0 unspecified atom stereocenters. The third kappa shape index (κ3) is 4.50. The highest BCUT2D eigenvalue weighted by Gasteiger charge is 2.15. The third-order valence-electron chi connectivity index (χ3n) is 2.11. The molecule has 0 spiro atoms. The summed E-state index contributed by atoms with van der Waals surface area (Å²) in [6.45, 7) is 0. The summed E-state index contributed by atoms with van der Waals surface area (Å²) in [7, 11) is -3.34. The summed E-state index contributed by atoms with van der Waals surface area (Å²) in [6.07, 6.45) is 0. The molecule has 0 atom stereocenters. The fourth-order valence-electron chi connectivity index (χ4n) is 1.34. The van der Waals surface area contributed by atoms with Crippen LogP contribution in [0, 0.1) is 0 Å². The van der Waals surface area contributed by atoms with E-state index < -0.39 is 9.84 Å². The summed E-state index contributed by atoms with van der Waals surface area (Å²) in [5.74, 6) is 0. The molecule has 0 aliphatic rings. The van der Waals surface area contributed by atoms with Gasteiger partial charge in [0.2, 0.25) is 9.84 Å². The molecule has 2 aromatic rings. The molecule has 0 saturated heterocycles. The average molecular weight is 461 g/mol. The van der Waals surface area contributed by atoms with Gasteiger partial charge < -0.3 is 0 Å². The van der Waals surface area contributed by atoms with Gasteiger partial charge in [-0.25, -0.2) is 8.42 Å². The van der Waals surface area contributed by atoms with Crippen molar-refractivity contribution < 1.29 is 8.42 Å². The molecule has 0 radical (unpaired) electrons. The van der Waals surface area contributed by atoms with Gasteiger partial charge in [-0.3, -0.25) is 0 Å². The van der Waals surface area contributed by atoms with E-state index in [2.05, 4.69) is 0 Å². The van der Waals surface area contributed by atoms with Crippen molar-refractivity contribution in [1.29, 1.82) is 0 Å². The lowest BCUT2D eigenvalue weighted by molar-refractivity contribution is 0.596. The Kier molecular flexibility index (Phi) is 9.91. The lowest BCUT2D eigenvalue weighted by Crippen LogP contribution is -2.00. The maximum Gasteiger partial charge on any atom is 0.206 e. The van der Waals surface area contributed by atoms with Gasteiger partial charge in [0, 0.05) is 0 Å². The van der Waals surface area contributed by atoms with E-state index in [1.54, 1.807) is 60.7 Å². The molecule has 6 heteroatoms. The highest BCUT2D eigenvalue weighted by molar-refractivity contribution is 8.93. The summed E-state index contributed by atoms with van der Waals surface area (Å²) in [5, 5.41) is 0. The normalized spacial score (nSPS) is 9.33. The van der Waals surface area contributed by atoms with E-state index in [4.69, 9.17) is 0 Å². The van der Waals surface area contributed by atoms with Gasteiger partial charge in [-0.1, -0.05) is 36.4 Å². The number of rotatable bonds is 2. The van der Waals surface area contributed by atoms with Gasteiger partial charge in [0.25, 0.3) is 0 Å². The summed E-state index contributed by atoms with van der Waals surface area (Å²) >= 11 is 0. The SMILES string of the molecule is Br.Br.Br.O=S(=O)(c1ccccc1)c1ccccc1. The van der Waals surface area contributed by atoms with Gasteiger partial charge in [-0.05, 0) is 24.3 Å². The molecular weight excluding hydrogens is 448 g/mol. The number of halogens is 3. The highest BCUT2D eigenvalue weighted by atomic mass is 79.9. The Bertz CT molecular complexity index is 497. The molecule has 0 heterocycles. The third-order valence-corrected chi connectivity index (χ3v) is 3.89. The topological polar surface area (TPSA) is 34.1 Å².